The highest BCUT2D eigenvalue weighted by atomic mass is 16.6. The Kier molecular flexibility index (Phi) is 2.37. The highest BCUT2D eigenvalue weighted by molar-refractivity contribution is 5.83. The van der Waals surface area contributed by atoms with Crippen molar-refractivity contribution in [2.75, 3.05) is 0 Å². The molecule has 0 aliphatic rings. The van der Waals surface area contributed by atoms with Crippen LogP contribution >= 0.6 is 0 Å². The summed E-state index contributed by atoms with van der Waals surface area (Å²) < 4.78 is 1.30. The predicted molar refractivity (Wildman–Crippen MR) is 48.9 cm³/mol. The van der Waals surface area contributed by atoms with Gasteiger partial charge in [-0.15, -0.1) is 0 Å². The van der Waals surface area contributed by atoms with E-state index in [1.807, 2.05) is 0 Å². The quantitative estimate of drug-likeness (QED) is 0.537. The molecule has 0 aromatic carbocycles. The van der Waals surface area contributed by atoms with E-state index >= 15 is 0 Å². The van der Waals surface area contributed by atoms with Crippen LogP contribution in [-0.2, 0) is 10.3 Å². The van der Waals surface area contributed by atoms with E-state index in [0.717, 1.165) is 6.20 Å². The van der Waals surface area contributed by atoms with E-state index in [1.54, 1.807) is 13.8 Å². The number of nitrogens with zero attached hydrogens (tertiary/aromatic N) is 3. The monoisotopic (exact) mass is 197 g/mol. The lowest BCUT2D eigenvalue weighted by Crippen LogP contribution is -2.34. The summed E-state index contributed by atoms with van der Waals surface area (Å²) in [4.78, 5) is 21.1. The highest BCUT2D eigenvalue weighted by Gasteiger charge is 2.28. The van der Waals surface area contributed by atoms with Gasteiger partial charge in [-0.3, -0.25) is 19.6 Å². The Hall–Kier alpha value is -1.72. The summed E-state index contributed by atoms with van der Waals surface area (Å²) >= 11 is 0. The van der Waals surface area contributed by atoms with Gasteiger partial charge in [-0.2, -0.15) is 5.10 Å². The zero-order valence-corrected chi connectivity index (χ0v) is 8.22. The molecule has 1 aromatic heterocycles. The van der Waals surface area contributed by atoms with Crippen molar-refractivity contribution in [2.24, 2.45) is 0 Å². The van der Waals surface area contributed by atoms with Crippen molar-refractivity contribution < 1.29 is 9.72 Å². The van der Waals surface area contributed by atoms with Crippen molar-refractivity contribution in [2.45, 2.75) is 26.3 Å². The van der Waals surface area contributed by atoms with E-state index in [9.17, 15) is 14.9 Å². The fraction of sp³-hybridized carbons (Fsp3) is 0.500. The van der Waals surface area contributed by atoms with Gasteiger partial charge in [0.15, 0.2) is 5.78 Å². The minimum absolute atomic E-state index is 0.101. The second-order valence-electron chi connectivity index (χ2n) is 3.52. The van der Waals surface area contributed by atoms with Crippen molar-refractivity contribution in [3.63, 3.8) is 0 Å². The average molecular weight is 197 g/mol. The highest BCUT2D eigenvalue weighted by Crippen LogP contribution is 2.18. The lowest BCUT2D eigenvalue weighted by Gasteiger charge is -2.20. The SMILES string of the molecule is CC(=O)C(C)(C)n1cc([N+](=O)[O-])cn1. The molecule has 0 aliphatic carbocycles. The Morgan fingerprint density at radius 1 is 1.64 bits per heavy atom. The molecule has 0 bridgehead atoms. The van der Waals surface area contributed by atoms with Crippen LogP contribution in [0.1, 0.15) is 20.8 Å². The summed E-state index contributed by atoms with van der Waals surface area (Å²) in [5.74, 6) is -0.101. The topological polar surface area (TPSA) is 78.0 Å². The lowest BCUT2D eigenvalue weighted by atomic mass is 10.0. The Morgan fingerprint density at radius 2 is 2.21 bits per heavy atom. The van der Waals surface area contributed by atoms with Gasteiger partial charge in [0.2, 0.25) is 0 Å². The summed E-state index contributed by atoms with van der Waals surface area (Å²) in [5, 5.41) is 14.2. The van der Waals surface area contributed by atoms with Gasteiger partial charge < -0.3 is 0 Å². The molecule has 0 fully saturated rings. The number of Topliss-reactive ketones (excluding diaryl/α,β-unsaturated/α-hetero) is 1. The van der Waals surface area contributed by atoms with E-state index < -0.39 is 10.5 Å². The van der Waals surface area contributed by atoms with Crippen LogP contribution in [0.15, 0.2) is 12.4 Å². The summed E-state index contributed by atoms with van der Waals surface area (Å²) in [6, 6.07) is 0. The van der Waals surface area contributed by atoms with E-state index in [2.05, 4.69) is 5.10 Å². The van der Waals surface area contributed by atoms with E-state index in [1.165, 1.54) is 17.8 Å². The van der Waals surface area contributed by atoms with Crippen molar-refractivity contribution in [3.8, 4) is 0 Å². The van der Waals surface area contributed by atoms with Gasteiger partial charge in [0, 0.05) is 0 Å². The standard InChI is InChI=1S/C8H11N3O3/c1-6(12)8(2,3)10-5-7(4-9-10)11(13)14/h4-5H,1-3H3. The third-order valence-corrected chi connectivity index (χ3v) is 2.21. The number of aromatic nitrogens is 2. The van der Waals surface area contributed by atoms with E-state index in [0.29, 0.717) is 0 Å². The Morgan fingerprint density at radius 3 is 2.57 bits per heavy atom. The first-order chi connectivity index (χ1) is 6.35. The maximum Gasteiger partial charge on any atom is 0.307 e. The molecule has 0 unspecified atom stereocenters. The Labute approximate surface area is 80.7 Å². The van der Waals surface area contributed by atoms with Crippen LogP contribution in [0, 0.1) is 10.1 Å². The molecule has 0 saturated heterocycles. The van der Waals surface area contributed by atoms with E-state index in [-0.39, 0.29) is 11.5 Å². The van der Waals surface area contributed by atoms with Gasteiger partial charge >= 0.3 is 5.69 Å². The van der Waals surface area contributed by atoms with Crippen molar-refractivity contribution >= 4 is 11.5 Å². The average Bonchev–Trinajstić information content (AvgIpc) is 2.51. The van der Waals surface area contributed by atoms with Crippen molar-refractivity contribution in [1.82, 2.24) is 9.78 Å². The Bertz CT molecular complexity index is 381. The minimum atomic E-state index is -0.839. The molecule has 0 aliphatic heterocycles. The first-order valence-electron chi connectivity index (χ1n) is 4.06. The molecule has 14 heavy (non-hydrogen) atoms. The maximum absolute atomic E-state index is 11.2. The van der Waals surface area contributed by atoms with Gasteiger partial charge in [0.05, 0.1) is 4.92 Å². The molecule has 76 valence electrons. The molecular formula is C8H11N3O3. The largest absolute Gasteiger partial charge is 0.307 e. The van der Waals surface area contributed by atoms with Crippen LogP contribution in [0.2, 0.25) is 0 Å². The van der Waals surface area contributed by atoms with Crippen LogP contribution in [0.5, 0.6) is 0 Å². The number of ketones is 1. The second kappa shape index (κ2) is 3.21. The summed E-state index contributed by atoms with van der Waals surface area (Å²) in [6.45, 7) is 4.74. The molecule has 1 heterocycles. The predicted octanol–water partition coefficient (Wildman–Crippen LogP) is 1.12. The van der Waals surface area contributed by atoms with Gasteiger partial charge in [-0.1, -0.05) is 0 Å². The van der Waals surface area contributed by atoms with Crippen LogP contribution in [0.4, 0.5) is 5.69 Å². The van der Waals surface area contributed by atoms with Crippen LogP contribution in [0.3, 0.4) is 0 Å². The molecule has 0 saturated carbocycles. The number of hydrogen-bond acceptors (Lipinski definition) is 4. The van der Waals surface area contributed by atoms with Crippen molar-refractivity contribution in [1.29, 1.82) is 0 Å². The molecule has 0 spiro atoms. The number of carbonyl (C=O) groups is 1. The van der Waals surface area contributed by atoms with Gasteiger partial charge in [0.25, 0.3) is 0 Å². The molecular weight excluding hydrogens is 186 g/mol. The van der Waals surface area contributed by atoms with Crippen LogP contribution < -0.4 is 0 Å². The first-order valence-corrected chi connectivity index (χ1v) is 4.06. The summed E-state index contributed by atoms with van der Waals surface area (Å²) in [7, 11) is 0. The zero-order chi connectivity index (χ0) is 10.9. The fourth-order valence-electron chi connectivity index (χ4n) is 0.875. The second-order valence-corrected chi connectivity index (χ2v) is 3.52. The third kappa shape index (κ3) is 1.63. The number of hydrogen-bond donors (Lipinski definition) is 0. The fourth-order valence-corrected chi connectivity index (χ4v) is 0.875. The molecule has 0 N–H and O–H groups in total. The van der Waals surface area contributed by atoms with E-state index in [4.69, 9.17) is 0 Å². The van der Waals surface area contributed by atoms with Gasteiger partial charge in [0.1, 0.15) is 17.9 Å². The van der Waals surface area contributed by atoms with Crippen LogP contribution in [-0.4, -0.2) is 20.5 Å². The van der Waals surface area contributed by atoms with Gasteiger partial charge in [-0.25, -0.2) is 0 Å². The molecule has 6 nitrogen and oxygen atoms in total. The zero-order valence-electron chi connectivity index (χ0n) is 8.22. The minimum Gasteiger partial charge on any atom is -0.297 e. The summed E-state index contributed by atoms with van der Waals surface area (Å²) in [5.41, 5.74) is -0.951. The lowest BCUT2D eigenvalue weighted by molar-refractivity contribution is -0.385. The van der Waals surface area contributed by atoms with Crippen LogP contribution in [0.25, 0.3) is 0 Å². The summed E-state index contributed by atoms with van der Waals surface area (Å²) in [6.07, 6.45) is 2.38. The maximum atomic E-state index is 11.2. The Balaban J connectivity index is 3.09. The molecule has 0 amide bonds. The first kappa shape index (κ1) is 10.4. The third-order valence-electron chi connectivity index (χ3n) is 2.21. The normalized spacial score (nSPS) is 11.4. The number of rotatable bonds is 3. The number of carbonyl (C=O) groups excluding carboxylic acids is 1. The smallest absolute Gasteiger partial charge is 0.297 e. The van der Waals surface area contributed by atoms with Gasteiger partial charge in [-0.05, 0) is 20.8 Å². The molecule has 0 atom stereocenters. The van der Waals surface area contributed by atoms with Crippen molar-refractivity contribution in [3.05, 3.63) is 22.5 Å². The molecule has 0 radical (unpaired) electrons. The molecule has 6 heteroatoms. The molecule has 1 aromatic rings. The number of nitro groups is 1. The molecule has 1 rings (SSSR count).